The van der Waals surface area contributed by atoms with Crippen molar-refractivity contribution in [2.45, 2.75) is 6.92 Å². The van der Waals surface area contributed by atoms with Crippen LogP contribution in [-0.2, 0) is 0 Å². The zero-order chi connectivity index (χ0) is 10.0. The third kappa shape index (κ3) is 2.20. The zero-order valence-electron chi connectivity index (χ0n) is 6.70. The van der Waals surface area contributed by atoms with Crippen LogP contribution >= 0.6 is 31.9 Å². The van der Waals surface area contributed by atoms with Gasteiger partial charge in [0.15, 0.2) is 17.4 Å². The number of hydrogen-bond acceptors (Lipinski definition) is 1. The van der Waals surface area contributed by atoms with Crippen LogP contribution in [0.4, 0.5) is 8.78 Å². The summed E-state index contributed by atoms with van der Waals surface area (Å²) in [6, 6.07) is 1.30. The smallest absolute Gasteiger partial charge is 0.193 e. The Kier molecular flexibility index (Phi) is 3.67. The molecule has 1 nitrogen and oxygen atoms in total. The van der Waals surface area contributed by atoms with Crippen molar-refractivity contribution in [2.75, 3.05) is 6.61 Å². The molecular weight excluding hydrogens is 310 g/mol. The van der Waals surface area contributed by atoms with E-state index in [0.717, 1.165) is 0 Å². The predicted molar refractivity (Wildman–Crippen MR) is 52.9 cm³/mol. The molecule has 0 bridgehead atoms. The lowest BCUT2D eigenvalue weighted by Gasteiger charge is -2.08. The number of halogens is 4. The summed E-state index contributed by atoms with van der Waals surface area (Å²) in [5.41, 5.74) is 0. The zero-order valence-corrected chi connectivity index (χ0v) is 9.88. The second kappa shape index (κ2) is 4.37. The molecule has 0 aliphatic heterocycles. The summed E-state index contributed by atoms with van der Waals surface area (Å²) in [6.45, 7) is 1.88. The monoisotopic (exact) mass is 314 g/mol. The molecule has 5 heteroatoms. The van der Waals surface area contributed by atoms with Crippen molar-refractivity contribution in [2.24, 2.45) is 0 Å². The summed E-state index contributed by atoms with van der Waals surface area (Å²) in [4.78, 5) is 0. The Labute approximate surface area is 91.3 Å². The van der Waals surface area contributed by atoms with Crippen LogP contribution in [0.5, 0.6) is 5.75 Å². The van der Waals surface area contributed by atoms with Crippen LogP contribution in [0.15, 0.2) is 15.0 Å². The molecular formula is C8H6Br2F2O. The van der Waals surface area contributed by atoms with Gasteiger partial charge in [-0.25, -0.2) is 8.78 Å². The molecule has 1 aromatic carbocycles. The topological polar surface area (TPSA) is 9.23 Å². The van der Waals surface area contributed by atoms with E-state index in [4.69, 9.17) is 4.74 Å². The minimum Gasteiger partial charge on any atom is -0.488 e. The number of rotatable bonds is 2. The highest BCUT2D eigenvalue weighted by molar-refractivity contribution is 9.11. The summed E-state index contributed by atoms with van der Waals surface area (Å²) >= 11 is 5.90. The van der Waals surface area contributed by atoms with Crippen molar-refractivity contribution in [3.05, 3.63) is 26.6 Å². The van der Waals surface area contributed by atoms with Gasteiger partial charge >= 0.3 is 0 Å². The highest BCUT2D eigenvalue weighted by atomic mass is 79.9. The minimum absolute atomic E-state index is 0.171. The Hall–Kier alpha value is -0.160. The molecule has 0 unspecified atom stereocenters. The van der Waals surface area contributed by atoms with Crippen molar-refractivity contribution in [1.82, 2.24) is 0 Å². The lowest BCUT2D eigenvalue weighted by Crippen LogP contribution is -1.99. The fourth-order valence-electron chi connectivity index (χ4n) is 0.822. The number of hydrogen-bond donors (Lipinski definition) is 0. The maximum Gasteiger partial charge on any atom is 0.193 e. The SMILES string of the molecule is CCOc1c(F)c(Br)cc(Br)c1F. The lowest BCUT2D eigenvalue weighted by molar-refractivity contribution is 0.301. The highest BCUT2D eigenvalue weighted by Gasteiger charge is 2.16. The molecule has 1 rings (SSSR count). The van der Waals surface area contributed by atoms with E-state index in [9.17, 15) is 8.78 Å². The third-order valence-corrected chi connectivity index (χ3v) is 2.51. The van der Waals surface area contributed by atoms with Crippen molar-refractivity contribution >= 4 is 31.9 Å². The molecule has 1 aromatic rings. The van der Waals surface area contributed by atoms with E-state index < -0.39 is 11.6 Å². The second-order valence-electron chi connectivity index (χ2n) is 2.23. The summed E-state index contributed by atoms with van der Waals surface area (Å²) in [5, 5.41) is 0. The van der Waals surface area contributed by atoms with Crippen molar-refractivity contribution in [3.8, 4) is 5.75 Å². The molecule has 0 aromatic heterocycles. The minimum atomic E-state index is -0.720. The van der Waals surface area contributed by atoms with Gasteiger partial charge in [-0.15, -0.1) is 0 Å². The molecule has 13 heavy (non-hydrogen) atoms. The molecule has 0 saturated carbocycles. The first-order valence-corrected chi connectivity index (χ1v) is 5.12. The fourth-order valence-corrected chi connectivity index (χ4v) is 1.95. The van der Waals surface area contributed by atoms with Crippen LogP contribution in [0, 0.1) is 11.6 Å². The maximum atomic E-state index is 13.2. The first-order chi connectivity index (χ1) is 6.07. The molecule has 0 aliphatic carbocycles. The molecule has 0 spiro atoms. The summed E-state index contributed by atoms with van der Waals surface area (Å²) in [7, 11) is 0. The standard InChI is InChI=1S/C8H6Br2F2O/c1-2-13-8-6(11)4(9)3-5(10)7(8)12/h3H,2H2,1H3. The van der Waals surface area contributed by atoms with Crippen molar-refractivity contribution in [1.29, 1.82) is 0 Å². The number of ether oxygens (including phenoxy) is 1. The van der Waals surface area contributed by atoms with Crippen LogP contribution in [0.2, 0.25) is 0 Å². The van der Waals surface area contributed by atoms with E-state index in [0.29, 0.717) is 0 Å². The van der Waals surface area contributed by atoms with Crippen LogP contribution < -0.4 is 4.74 Å². The van der Waals surface area contributed by atoms with E-state index in [1.165, 1.54) is 6.07 Å². The summed E-state index contributed by atoms with van der Waals surface area (Å²) in [5.74, 6) is -1.80. The fraction of sp³-hybridized carbons (Fsp3) is 0.250. The van der Waals surface area contributed by atoms with Gasteiger partial charge in [-0.3, -0.25) is 0 Å². The molecule has 0 N–H and O–H groups in total. The Morgan fingerprint density at radius 3 is 2.08 bits per heavy atom. The molecule has 0 amide bonds. The second-order valence-corrected chi connectivity index (χ2v) is 3.94. The van der Waals surface area contributed by atoms with E-state index in [1.54, 1.807) is 6.92 Å². The Bertz CT molecular complexity index is 302. The largest absolute Gasteiger partial charge is 0.488 e. The predicted octanol–water partition coefficient (Wildman–Crippen LogP) is 3.89. The van der Waals surface area contributed by atoms with Crippen LogP contribution in [-0.4, -0.2) is 6.61 Å². The van der Waals surface area contributed by atoms with Crippen LogP contribution in [0.3, 0.4) is 0 Å². The highest BCUT2D eigenvalue weighted by Crippen LogP contribution is 2.33. The van der Waals surface area contributed by atoms with Gasteiger partial charge in [-0.05, 0) is 44.8 Å². The quantitative estimate of drug-likeness (QED) is 0.752. The third-order valence-electron chi connectivity index (χ3n) is 1.36. The van der Waals surface area contributed by atoms with E-state index >= 15 is 0 Å². The number of benzene rings is 1. The van der Waals surface area contributed by atoms with E-state index in [1.807, 2.05) is 0 Å². The lowest BCUT2D eigenvalue weighted by atomic mass is 10.3. The van der Waals surface area contributed by atoms with Crippen LogP contribution in [0.1, 0.15) is 6.92 Å². The molecule has 0 fully saturated rings. The van der Waals surface area contributed by atoms with Gasteiger partial charge in [0.2, 0.25) is 0 Å². The average molecular weight is 316 g/mol. The average Bonchev–Trinajstić information content (AvgIpc) is 2.09. The van der Waals surface area contributed by atoms with E-state index in [2.05, 4.69) is 31.9 Å². The van der Waals surface area contributed by atoms with Gasteiger partial charge in [0.25, 0.3) is 0 Å². The van der Waals surface area contributed by atoms with Gasteiger partial charge in [0.1, 0.15) is 0 Å². The Morgan fingerprint density at radius 2 is 1.69 bits per heavy atom. The normalized spacial score (nSPS) is 10.2. The first-order valence-electron chi connectivity index (χ1n) is 3.53. The van der Waals surface area contributed by atoms with Gasteiger partial charge < -0.3 is 4.74 Å². The van der Waals surface area contributed by atoms with Gasteiger partial charge in [-0.1, -0.05) is 0 Å². The molecule has 0 radical (unpaired) electrons. The Morgan fingerprint density at radius 1 is 1.23 bits per heavy atom. The Balaban J connectivity index is 3.28. The first kappa shape index (κ1) is 10.9. The van der Waals surface area contributed by atoms with Gasteiger partial charge in [0.05, 0.1) is 15.6 Å². The molecule has 0 atom stereocenters. The van der Waals surface area contributed by atoms with Gasteiger partial charge in [0, 0.05) is 0 Å². The van der Waals surface area contributed by atoms with Gasteiger partial charge in [-0.2, -0.15) is 0 Å². The molecule has 0 saturated heterocycles. The maximum absolute atomic E-state index is 13.2. The molecule has 72 valence electrons. The van der Waals surface area contributed by atoms with Crippen molar-refractivity contribution in [3.63, 3.8) is 0 Å². The summed E-state index contributed by atoms with van der Waals surface area (Å²) in [6.07, 6.45) is 0. The molecule has 0 heterocycles. The van der Waals surface area contributed by atoms with Crippen molar-refractivity contribution < 1.29 is 13.5 Å². The molecule has 0 aliphatic rings. The van der Waals surface area contributed by atoms with Crippen LogP contribution in [0.25, 0.3) is 0 Å². The van der Waals surface area contributed by atoms with E-state index in [-0.39, 0.29) is 21.3 Å². The summed E-state index contributed by atoms with van der Waals surface area (Å²) < 4.78 is 31.6.